The quantitative estimate of drug-likeness (QED) is 0.133. The van der Waals surface area contributed by atoms with Gasteiger partial charge < -0.3 is 48.3 Å². The summed E-state index contributed by atoms with van der Waals surface area (Å²) < 4.78 is 33.0. The highest BCUT2D eigenvalue weighted by atomic mass is 16.7. The summed E-state index contributed by atoms with van der Waals surface area (Å²) in [4.78, 5) is 85.3. The first-order chi connectivity index (χ1) is 30.6. The van der Waals surface area contributed by atoms with Crippen molar-refractivity contribution in [2.24, 2.45) is 23.7 Å². The Bertz CT molecular complexity index is 2280. The van der Waals surface area contributed by atoms with E-state index in [1.807, 2.05) is 30.5 Å². The summed E-state index contributed by atoms with van der Waals surface area (Å²) >= 11 is 0. The number of carbonyl (C=O) groups excluding carboxylic acids is 4. The predicted octanol–water partition coefficient (Wildman–Crippen LogP) is 5.37. The Morgan fingerprint density at radius 2 is 1.71 bits per heavy atom. The SMILES string of the molecule is CC[C@H]1OC(=O)[C@H](C)C(=O)[C@H](C)[C@@H](O[C@@H]2O[C@H](C)C[C@H](N(C)C)[C@H]2O)[C@](C)(OC)C[C@@H](C)C(=O)[C@H](C)[C@H]2N(CCCC#Cc3ccc4c(=O)c(C(=O)O)cn(C5CC5)c4c3)C(=O)O[C@]12C. The van der Waals surface area contributed by atoms with E-state index in [2.05, 4.69) is 11.8 Å². The number of benzene rings is 1. The van der Waals surface area contributed by atoms with Gasteiger partial charge in [-0.2, -0.15) is 0 Å². The highest BCUT2D eigenvalue weighted by molar-refractivity contribution is 6.00. The number of carboxylic acid groups (broad SMARTS) is 1. The molecule has 4 heterocycles. The van der Waals surface area contributed by atoms with Crippen LogP contribution in [0.1, 0.15) is 122 Å². The van der Waals surface area contributed by atoms with Crippen molar-refractivity contribution in [3.63, 3.8) is 0 Å². The maximum atomic E-state index is 14.8. The summed E-state index contributed by atoms with van der Waals surface area (Å²) in [5.41, 5.74) is -2.35. The van der Waals surface area contributed by atoms with Gasteiger partial charge in [0.15, 0.2) is 17.7 Å². The number of hydrogen-bond acceptors (Lipinski definition) is 13. The monoisotopic (exact) mass is 905 g/mol. The molecule has 1 aromatic heterocycles. The highest BCUT2D eigenvalue weighted by Gasteiger charge is 2.60. The van der Waals surface area contributed by atoms with E-state index in [4.69, 9.17) is 23.7 Å². The van der Waals surface area contributed by atoms with E-state index < -0.39 is 94.8 Å². The largest absolute Gasteiger partial charge is 0.477 e. The number of likely N-dealkylation sites (N-methyl/N-ethyl adjacent to an activating group) is 1. The lowest BCUT2D eigenvalue weighted by Gasteiger charge is -2.47. The van der Waals surface area contributed by atoms with Gasteiger partial charge in [0.05, 0.1) is 29.4 Å². The average Bonchev–Trinajstić information content (AvgIpc) is 4.07. The summed E-state index contributed by atoms with van der Waals surface area (Å²) in [6.45, 7) is 13.9. The molecule has 16 nitrogen and oxygen atoms in total. The second kappa shape index (κ2) is 19.7. The number of ether oxygens (including phenoxy) is 5. The van der Waals surface area contributed by atoms with Gasteiger partial charge in [-0.05, 0) is 98.5 Å². The van der Waals surface area contributed by atoms with Gasteiger partial charge in [0, 0.05) is 67.1 Å². The van der Waals surface area contributed by atoms with Crippen LogP contribution in [-0.4, -0.2) is 136 Å². The van der Waals surface area contributed by atoms with Crippen molar-refractivity contribution in [3.05, 3.63) is 45.7 Å². The molecule has 356 valence electrons. The van der Waals surface area contributed by atoms with Crippen molar-refractivity contribution in [2.75, 3.05) is 27.7 Å². The second-order valence-corrected chi connectivity index (χ2v) is 19.3. The molecule has 1 aromatic carbocycles. The normalized spacial score (nSPS) is 35.0. The Kier molecular flexibility index (Phi) is 15.1. The fraction of sp³-hybridized carbons (Fsp3) is 0.673. The fourth-order valence-electron chi connectivity index (χ4n) is 10.4. The minimum Gasteiger partial charge on any atom is -0.477 e. The molecule has 0 unspecified atom stereocenters. The lowest BCUT2D eigenvalue weighted by molar-refractivity contribution is -0.295. The zero-order valence-electron chi connectivity index (χ0n) is 39.6. The van der Waals surface area contributed by atoms with Gasteiger partial charge in [-0.1, -0.05) is 39.5 Å². The van der Waals surface area contributed by atoms with Crippen LogP contribution in [0.15, 0.2) is 29.2 Å². The maximum absolute atomic E-state index is 14.8. The summed E-state index contributed by atoms with van der Waals surface area (Å²) in [5, 5.41) is 21.4. The number of nitrogens with zero attached hydrogens (tertiary/aromatic N) is 3. The van der Waals surface area contributed by atoms with Crippen LogP contribution in [0.4, 0.5) is 4.79 Å². The van der Waals surface area contributed by atoms with E-state index in [1.165, 1.54) is 25.1 Å². The molecule has 13 atom stereocenters. The third kappa shape index (κ3) is 9.91. The van der Waals surface area contributed by atoms with Crippen LogP contribution < -0.4 is 5.43 Å². The molecule has 1 saturated carbocycles. The molecule has 4 aliphatic rings. The van der Waals surface area contributed by atoms with E-state index in [9.17, 15) is 39.0 Å². The van der Waals surface area contributed by atoms with Gasteiger partial charge in [-0.3, -0.25) is 19.2 Å². The van der Waals surface area contributed by atoms with Gasteiger partial charge >= 0.3 is 18.0 Å². The molecule has 1 amide bonds. The first-order valence-electron chi connectivity index (χ1n) is 23.0. The smallest absolute Gasteiger partial charge is 0.410 e. The van der Waals surface area contributed by atoms with Crippen molar-refractivity contribution in [2.45, 2.75) is 160 Å². The third-order valence-electron chi connectivity index (χ3n) is 14.3. The van der Waals surface area contributed by atoms with Crippen molar-refractivity contribution in [3.8, 4) is 11.8 Å². The fourth-order valence-corrected chi connectivity index (χ4v) is 10.4. The second-order valence-electron chi connectivity index (χ2n) is 19.3. The van der Waals surface area contributed by atoms with E-state index in [0.29, 0.717) is 35.7 Å². The molecule has 1 aliphatic carbocycles. The number of rotatable bonds is 10. The number of cyclic esters (lactones) is 1. The molecule has 4 fully saturated rings. The zero-order valence-corrected chi connectivity index (χ0v) is 39.6. The minimum absolute atomic E-state index is 0.0839. The number of amides is 1. The number of fused-ring (bicyclic) bond motifs is 2. The molecule has 0 spiro atoms. The van der Waals surface area contributed by atoms with Crippen LogP contribution in [-0.2, 0) is 38.1 Å². The number of aliphatic hydroxyl groups excluding tert-OH is 1. The summed E-state index contributed by atoms with van der Waals surface area (Å²) in [7, 11) is 5.18. The number of methoxy groups -OCH3 is 1. The lowest BCUT2D eigenvalue weighted by atomic mass is 9.73. The van der Waals surface area contributed by atoms with E-state index >= 15 is 0 Å². The number of carbonyl (C=O) groups is 5. The number of Topliss-reactive ketones (excluding diaryl/α,β-unsaturated/α-hetero) is 2. The number of aromatic nitrogens is 1. The number of unbranched alkanes of at least 4 members (excludes halogenated alkanes) is 1. The van der Waals surface area contributed by atoms with Gasteiger partial charge in [-0.15, -0.1) is 0 Å². The van der Waals surface area contributed by atoms with E-state index in [0.717, 1.165) is 12.8 Å². The first kappa shape index (κ1) is 49.8. The van der Waals surface area contributed by atoms with Gasteiger partial charge in [0.1, 0.15) is 29.5 Å². The number of carboxylic acids is 1. The van der Waals surface area contributed by atoms with Crippen molar-refractivity contribution < 1.29 is 57.9 Å². The number of aromatic carboxylic acids is 1. The Morgan fingerprint density at radius 3 is 2.32 bits per heavy atom. The number of ketones is 2. The third-order valence-corrected chi connectivity index (χ3v) is 14.3. The molecule has 6 rings (SSSR count). The Hall–Kier alpha value is -4.66. The molecule has 0 radical (unpaired) electrons. The molecule has 2 aromatic rings. The molecule has 3 aliphatic heterocycles. The van der Waals surface area contributed by atoms with Crippen molar-refractivity contribution >= 4 is 40.5 Å². The number of esters is 1. The van der Waals surface area contributed by atoms with Gasteiger partial charge in [0.2, 0.25) is 5.43 Å². The highest BCUT2D eigenvalue weighted by Crippen LogP contribution is 2.43. The molecule has 0 bridgehead atoms. The van der Waals surface area contributed by atoms with E-state index in [-0.39, 0.29) is 48.9 Å². The Labute approximate surface area is 381 Å². The maximum Gasteiger partial charge on any atom is 0.410 e. The number of hydrogen-bond donors (Lipinski definition) is 2. The number of pyridine rings is 1. The van der Waals surface area contributed by atoms with Crippen LogP contribution in [0.5, 0.6) is 0 Å². The average molecular weight is 906 g/mol. The zero-order chi connectivity index (χ0) is 47.9. The van der Waals surface area contributed by atoms with Gasteiger partial charge in [0.25, 0.3) is 0 Å². The van der Waals surface area contributed by atoms with Crippen LogP contribution in [0, 0.1) is 35.5 Å². The van der Waals surface area contributed by atoms with Crippen LogP contribution >= 0.6 is 0 Å². The molecule has 2 N–H and O–H groups in total. The molecule has 16 heteroatoms. The molecular formula is C49H67N3O13. The lowest BCUT2D eigenvalue weighted by Crippen LogP contribution is -2.60. The number of aliphatic hydroxyl groups is 1. The summed E-state index contributed by atoms with van der Waals surface area (Å²) in [6.07, 6.45) is -0.517. The Morgan fingerprint density at radius 1 is 1.02 bits per heavy atom. The summed E-state index contributed by atoms with van der Waals surface area (Å²) in [6, 6.07) is 4.01. The van der Waals surface area contributed by atoms with Crippen LogP contribution in [0.2, 0.25) is 0 Å². The topological polar surface area (TPSA) is 200 Å². The van der Waals surface area contributed by atoms with Gasteiger partial charge in [-0.25, -0.2) is 9.59 Å². The standard InChI is InChI=1S/C49H67N3O13/c1-12-37-49(8)42(51(47(60)65-49)21-15-13-14-16-31-17-20-33-35(23-31)52(32-18-19-32)25-34(40(33)55)44(57)58)28(4)38(53)26(2)24-48(7,61-11)43(29(5)39(54)30(6)45(59)63-37)64-46-41(56)36(50(9)10)22-27(3)62-46/h17,20,23,25-30,32,36-37,41-43,46,56H,12-13,15,18-19,21-22,24H2,1-11H3,(H,57,58)/t26-,27-,28+,29+,30-,36+,37-,41-,42-,43-,46+,48-,49-/m1/s1. The minimum atomic E-state index is -1.48. The van der Waals surface area contributed by atoms with Crippen molar-refractivity contribution in [1.29, 1.82) is 0 Å². The molecule has 65 heavy (non-hydrogen) atoms. The molecule has 3 saturated heterocycles. The van der Waals surface area contributed by atoms with E-state index in [1.54, 1.807) is 59.7 Å². The molecular weight excluding hydrogens is 839 g/mol. The summed E-state index contributed by atoms with van der Waals surface area (Å²) in [5.74, 6) is -0.258. The van der Waals surface area contributed by atoms with Crippen molar-refractivity contribution in [1.82, 2.24) is 14.4 Å². The Balaban J connectivity index is 1.28. The van der Waals surface area contributed by atoms with Crippen LogP contribution in [0.3, 0.4) is 0 Å². The first-order valence-corrected chi connectivity index (χ1v) is 23.0. The van der Waals surface area contributed by atoms with Crippen LogP contribution in [0.25, 0.3) is 10.9 Å². The predicted molar refractivity (Wildman–Crippen MR) is 239 cm³/mol.